The summed E-state index contributed by atoms with van der Waals surface area (Å²) in [6, 6.07) is 10.2. The van der Waals surface area contributed by atoms with Crippen LogP contribution < -0.4 is 5.32 Å². The van der Waals surface area contributed by atoms with Gasteiger partial charge in [0, 0.05) is 13.1 Å². The molecule has 2 rings (SSSR count). The SMILES string of the molecule is COC(=O)N(Cc1ccccc1)C1CNCCC1C. The maximum atomic E-state index is 12.0. The second kappa shape index (κ2) is 6.57. The number of nitrogens with one attached hydrogen (secondary N) is 1. The number of ether oxygens (including phenoxy) is 1. The normalized spacial score (nSPS) is 22.8. The van der Waals surface area contributed by atoms with E-state index in [4.69, 9.17) is 4.74 Å². The molecule has 1 saturated heterocycles. The predicted molar refractivity (Wildman–Crippen MR) is 74.8 cm³/mol. The van der Waals surface area contributed by atoms with Crippen molar-refractivity contribution in [3.05, 3.63) is 35.9 Å². The number of carbonyl (C=O) groups excluding carboxylic acids is 1. The van der Waals surface area contributed by atoms with Crippen LogP contribution in [0.4, 0.5) is 4.79 Å². The Hall–Kier alpha value is -1.55. The molecule has 1 heterocycles. The van der Waals surface area contributed by atoms with Crippen molar-refractivity contribution in [1.82, 2.24) is 10.2 Å². The van der Waals surface area contributed by atoms with Gasteiger partial charge in [0.25, 0.3) is 0 Å². The van der Waals surface area contributed by atoms with E-state index in [-0.39, 0.29) is 12.1 Å². The molecule has 4 heteroatoms. The smallest absolute Gasteiger partial charge is 0.410 e. The maximum absolute atomic E-state index is 12.0. The van der Waals surface area contributed by atoms with Gasteiger partial charge in [-0.2, -0.15) is 0 Å². The number of amides is 1. The Morgan fingerprint density at radius 3 is 2.79 bits per heavy atom. The summed E-state index contributed by atoms with van der Waals surface area (Å²) >= 11 is 0. The molecule has 1 aromatic rings. The van der Waals surface area contributed by atoms with Crippen LogP contribution in [0.1, 0.15) is 18.9 Å². The molecule has 104 valence electrons. The molecule has 19 heavy (non-hydrogen) atoms. The van der Waals surface area contributed by atoms with Crippen LogP contribution in [0.2, 0.25) is 0 Å². The molecule has 0 aliphatic carbocycles. The highest BCUT2D eigenvalue weighted by atomic mass is 16.5. The van der Waals surface area contributed by atoms with Crippen molar-refractivity contribution in [1.29, 1.82) is 0 Å². The van der Waals surface area contributed by atoms with Gasteiger partial charge in [-0.25, -0.2) is 4.79 Å². The first-order chi connectivity index (χ1) is 9.22. The van der Waals surface area contributed by atoms with Crippen molar-refractivity contribution in [2.75, 3.05) is 20.2 Å². The Labute approximate surface area is 114 Å². The van der Waals surface area contributed by atoms with Crippen molar-refractivity contribution >= 4 is 6.09 Å². The van der Waals surface area contributed by atoms with Gasteiger partial charge in [-0.05, 0) is 24.4 Å². The Morgan fingerprint density at radius 1 is 1.42 bits per heavy atom. The molecule has 1 aliphatic rings. The molecule has 0 spiro atoms. The highest BCUT2D eigenvalue weighted by molar-refractivity contribution is 5.68. The molecule has 2 unspecified atom stereocenters. The predicted octanol–water partition coefficient (Wildman–Crippen LogP) is 2.25. The van der Waals surface area contributed by atoms with E-state index in [1.54, 1.807) is 0 Å². The fourth-order valence-corrected chi connectivity index (χ4v) is 2.61. The van der Waals surface area contributed by atoms with Gasteiger partial charge in [0.2, 0.25) is 0 Å². The summed E-state index contributed by atoms with van der Waals surface area (Å²) in [6.45, 7) is 4.66. The minimum atomic E-state index is -0.246. The van der Waals surface area contributed by atoms with Crippen molar-refractivity contribution in [3.8, 4) is 0 Å². The number of hydrogen-bond acceptors (Lipinski definition) is 3. The molecule has 0 saturated carbocycles. The van der Waals surface area contributed by atoms with Gasteiger partial charge < -0.3 is 10.1 Å². The molecular formula is C15H22N2O2. The zero-order chi connectivity index (χ0) is 13.7. The van der Waals surface area contributed by atoms with Crippen LogP contribution in [0, 0.1) is 5.92 Å². The van der Waals surface area contributed by atoms with Gasteiger partial charge in [-0.3, -0.25) is 4.90 Å². The minimum Gasteiger partial charge on any atom is -0.453 e. The van der Waals surface area contributed by atoms with Gasteiger partial charge in [-0.1, -0.05) is 37.3 Å². The lowest BCUT2D eigenvalue weighted by Crippen LogP contribution is -2.52. The molecular weight excluding hydrogens is 240 g/mol. The first-order valence-electron chi connectivity index (χ1n) is 6.81. The summed E-state index contributed by atoms with van der Waals surface area (Å²) < 4.78 is 4.95. The summed E-state index contributed by atoms with van der Waals surface area (Å²) in [5.41, 5.74) is 1.13. The summed E-state index contributed by atoms with van der Waals surface area (Å²) in [5, 5.41) is 3.36. The molecule has 0 radical (unpaired) electrons. The van der Waals surface area contributed by atoms with Crippen LogP contribution in [0.25, 0.3) is 0 Å². The van der Waals surface area contributed by atoms with Gasteiger partial charge in [-0.15, -0.1) is 0 Å². The number of hydrogen-bond donors (Lipinski definition) is 1. The summed E-state index contributed by atoms with van der Waals surface area (Å²) in [7, 11) is 1.45. The van der Waals surface area contributed by atoms with E-state index in [0.29, 0.717) is 12.5 Å². The fraction of sp³-hybridized carbons (Fsp3) is 0.533. The summed E-state index contributed by atoms with van der Waals surface area (Å²) in [6.07, 6.45) is 0.844. The lowest BCUT2D eigenvalue weighted by Gasteiger charge is -2.38. The monoisotopic (exact) mass is 262 g/mol. The van der Waals surface area contributed by atoms with Crippen LogP contribution in [-0.2, 0) is 11.3 Å². The molecule has 0 bridgehead atoms. The van der Waals surface area contributed by atoms with E-state index in [9.17, 15) is 4.79 Å². The van der Waals surface area contributed by atoms with Crippen LogP contribution in [0.5, 0.6) is 0 Å². The van der Waals surface area contributed by atoms with Gasteiger partial charge >= 0.3 is 6.09 Å². The zero-order valence-corrected chi connectivity index (χ0v) is 11.6. The molecule has 1 N–H and O–H groups in total. The molecule has 1 aromatic carbocycles. The lowest BCUT2D eigenvalue weighted by molar-refractivity contribution is 0.0768. The maximum Gasteiger partial charge on any atom is 0.410 e. The van der Waals surface area contributed by atoms with E-state index in [1.165, 1.54) is 7.11 Å². The third-order valence-electron chi connectivity index (χ3n) is 3.79. The number of piperidine rings is 1. The number of carbonyl (C=O) groups is 1. The van der Waals surface area contributed by atoms with E-state index in [0.717, 1.165) is 25.1 Å². The Bertz CT molecular complexity index is 408. The van der Waals surface area contributed by atoms with E-state index >= 15 is 0 Å². The second-order valence-corrected chi connectivity index (χ2v) is 5.12. The number of rotatable bonds is 3. The molecule has 1 aliphatic heterocycles. The van der Waals surface area contributed by atoms with Crippen molar-refractivity contribution < 1.29 is 9.53 Å². The average Bonchev–Trinajstić information content (AvgIpc) is 2.46. The van der Waals surface area contributed by atoms with Gasteiger partial charge in [0.15, 0.2) is 0 Å². The van der Waals surface area contributed by atoms with Gasteiger partial charge in [0.05, 0.1) is 13.2 Å². The largest absolute Gasteiger partial charge is 0.453 e. The first kappa shape index (κ1) is 13.9. The van der Waals surface area contributed by atoms with E-state index in [1.807, 2.05) is 35.2 Å². The fourth-order valence-electron chi connectivity index (χ4n) is 2.61. The standard InChI is InChI=1S/C15H22N2O2/c1-12-8-9-16-10-14(12)17(15(18)19-2)11-13-6-4-3-5-7-13/h3-7,12,14,16H,8-11H2,1-2H3. The summed E-state index contributed by atoms with van der Waals surface area (Å²) in [5.74, 6) is 0.490. The van der Waals surface area contributed by atoms with Crippen molar-refractivity contribution in [2.45, 2.75) is 25.9 Å². The third kappa shape index (κ3) is 3.47. The highest BCUT2D eigenvalue weighted by Gasteiger charge is 2.30. The first-order valence-corrected chi connectivity index (χ1v) is 6.81. The third-order valence-corrected chi connectivity index (χ3v) is 3.79. The van der Waals surface area contributed by atoms with E-state index in [2.05, 4.69) is 12.2 Å². The minimum absolute atomic E-state index is 0.196. The van der Waals surface area contributed by atoms with Crippen LogP contribution in [-0.4, -0.2) is 37.2 Å². The molecule has 2 atom stereocenters. The molecule has 4 nitrogen and oxygen atoms in total. The Balaban J connectivity index is 2.13. The quantitative estimate of drug-likeness (QED) is 0.908. The molecule has 0 aromatic heterocycles. The number of benzene rings is 1. The number of nitrogens with zero attached hydrogens (tertiary/aromatic N) is 1. The average molecular weight is 262 g/mol. The van der Waals surface area contributed by atoms with Crippen LogP contribution in [0.15, 0.2) is 30.3 Å². The van der Waals surface area contributed by atoms with Crippen LogP contribution >= 0.6 is 0 Å². The highest BCUT2D eigenvalue weighted by Crippen LogP contribution is 2.20. The second-order valence-electron chi connectivity index (χ2n) is 5.12. The van der Waals surface area contributed by atoms with Crippen molar-refractivity contribution in [2.24, 2.45) is 5.92 Å². The number of methoxy groups -OCH3 is 1. The lowest BCUT2D eigenvalue weighted by atomic mass is 9.93. The summed E-state index contributed by atoms with van der Waals surface area (Å²) in [4.78, 5) is 13.9. The zero-order valence-electron chi connectivity index (χ0n) is 11.6. The topological polar surface area (TPSA) is 41.6 Å². The van der Waals surface area contributed by atoms with Gasteiger partial charge in [0.1, 0.15) is 0 Å². The van der Waals surface area contributed by atoms with Crippen molar-refractivity contribution in [3.63, 3.8) is 0 Å². The Morgan fingerprint density at radius 2 is 2.16 bits per heavy atom. The van der Waals surface area contributed by atoms with Crippen LogP contribution in [0.3, 0.4) is 0 Å². The molecule has 1 amide bonds. The molecule has 1 fully saturated rings. The Kier molecular flexibility index (Phi) is 4.80. The van der Waals surface area contributed by atoms with E-state index < -0.39 is 0 Å².